The summed E-state index contributed by atoms with van der Waals surface area (Å²) in [6, 6.07) is 14.6. The van der Waals surface area contributed by atoms with Gasteiger partial charge in [-0.05, 0) is 36.6 Å². The number of aromatic nitrogens is 2. The summed E-state index contributed by atoms with van der Waals surface area (Å²) < 4.78 is 5.93. The fraction of sp³-hybridized carbons (Fsp3) is 0.263. The molecule has 0 bridgehead atoms. The average Bonchev–Trinajstić information content (AvgIpc) is 3.02. The van der Waals surface area contributed by atoms with Crippen LogP contribution in [-0.4, -0.2) is 22.6 Å². The van der Waals surface area contributed by atoms with Crippen LogP contribution in [0.5, 0.6) is 5.75 Å². The fourth-order valence-corrected chi connectivity index (χ4v) is 3.65. The van der Waals surface area contributed by atoms with Crippen LogP contribution in [0.25, 0.3) is 10.7 Å². The Hall–Kier alpha value is -2.24. The minimum Gasteiger partial charge on any atom is -0.492 e. The van der Waals surface area contributed by atoms with Crippen LogP contribution in [0, 0.1) is 0 Å². The van der Waals surface area contributed by atoms with E-state index in [4.69, 9.17) is 4.74 Å². The van der Waals surface area contributed by atoms with Crippen molar-refractivity contribution in [3.05, 3.63) is 65.3 Å². The Balaban J connectivity index is 1.35. The van der Waals surface area contributed by atoms with Crippen molar-refractivity contribution in [1.29, 1.82) is 0 Å². The second kappa shape index (κ2) is 7.11. The minimum absolute atomic E-state index is 0.345. The van der Waals surface area contributed by atoms with Crippen molar-refractivity contribution in [1.82, 2.24) is 15.3 Å². The molecule has 1 atom stereocenters. The van der Waals surface area contributed by atoms with E-state index in [-0.39, 0.29) is 0 Å². The number of aryl methyl sites for hydroxylation is 1. The molecule has 0 spiro atoms. The summed E-state index contributed by atoms with van der Waals surface area (Å²) in [4.78, 5) is 9.04. The minimum atomic E-state index is 0.345. The van der Waals surface area contributed by atoms with E-state index >= 15 is 0 Å². The SMILES string of the molecule is c1ccc(-c2nc(CNC3CCc4ccccc4OC3)cs2)nc1. The second-order valence-corrected chi connectivity index (χ2v) is 6.75. The summed E-state index contributed by atoms with van der Waals surface area (Å²) in [5.41, 5.74) is 3.29. The van der Waals surface area contributed by atoms with Crippen molar-refractivity contribution in [2.75, 3.05) is 6.61 Å². The molecular formula is C19H19N3OS. The Labute approximate surface area is 145 Å². The molecule has 2 aromatic heterocycles. The summed E-state index contributed by atoms with van der Waals surface area (Å²) in [6.07, 6.45) is 3.92. The Bertz CT molecular complexity index is 776. The third kappa shape index (κ3) is 3.47. The molecular weight excluding hydrogens is 318 g/mol. The van der Waals surface area contributed by atoms with Crippen LogP contribution in [0.3, 0.4) is 0 Å². The van der Waals surface area contributed by atoms with Crippen molar-refractivity contribution in [2.24, 2.45) is 0 Å². The molecule has 1 unspecified atom stereocenters. The molecule has 5 heteroatoms. The maximum absolute atomic E-state index is 5.93. The molecule has 0 amide bonds. The first-order valence-electron chi connectivity index (χ1n) is 8.18. The highest BCUT2D eigenvalue weighted by atomic mass is 32.1. The smallest absolute Gasteiger partial charge is 0.142 e. The zero-order chi connectivity index (χ0) is 16.2. The van der Waals surface area contributed by atoms with Gasteiger partial charge < -0.3 is 10.1 Å². The number of ether oxygens (including phenoxy) is 1. The van der Waals surface area contributed by atoms with Crippen LogP contribution in [0.2, 0.25) is 0 Å². The number of para-hydroxylation sites is 1. The number of nitrogens with one attached hydrogen (secondary N) is 1. The Morgan fingerprint density at radius 2 is 2.08 bits per heavy atom. The molecule has 0 saturated heterocycles. The first-order chi connectivity index (χ1) is 11.9. The van der Waals surface area contributed by atoms with Gasteiger partial charge in [0.05, 0.1) is 11.4 Å². The standard InChI is InChI=1S/C19H19N3OS/c1-2-7-18-14(5-1)8-9-15(12-23-18)21-11-16-13-24-19(22-16)17-6-3-4-10-20-17/h1-7,10,13,15,21H,8-9,11-12H2. The van der Waals surface area contributed by atoms with Gasteiger partial charge in [0, 0.05) is 24.2 Å². The van der Waals surface area contributed by atoms with Gasteiger partial charge in [0.25, 0.3) is 0 Å². The number of fused-ring (bicyclic) bond motifs is 1. The molecule has 3 aromatic rings. The second-order valence-electron chi connectivity index (χ2n) is 5.89. The summed E-state index contributed by atoms with van der Waals surface area (Å²) >= 11 is 1.64. The molecule has 1 aromatic carbocycles. The van der Waals surface area contributed by atoms with Gasteiger partial charge in [0.1, 0.15) is 17.4 Å². The zero-order valence-electron chi connectivity index (χ0n) is 13.3. The predicted octanol–water partition coefficient (Wildman–Crippen LogP) is 3.69. The van der Waals surface area contributed by atoms with Gasteiger partial charge in [-0.1, -0.05) is 24.3 Å². The van der Waals surface area contributed by atoms with E-state index in [0.717, 1.165) is 41.5 Å². The van der Waals surface area contributed by atoms with E-state index in [1.54, 1.807) is 17.5 Å². The van der Waals surface area contributed by atoms with Gasteiger partial charge in [0.2, 0.25) is 0 Å². The van der Waals surface area contributed by atoms with Crippen LogP contribution in [0.1, 0.15) is 17.7 Å². The highest BCUT2D eigenvalue weighted by molar-refractivity contribution is 7.13. The van der Waals surface area contributed by atoms with Crippen LogP contribution in [-0.2, 0) is 13.0 Å². The van der Waals surface area contributed by atoms with Crippen LogP contribution in [0.15, 0.2) is 54.0 Å². The van der Waals surface area contributed by atoms with E-state index in [9.17, 15) is 0 Å². The van der Waals surface area contributed by atoms with Crippen molar-refractivity contribution in [3.63, 3.8) is 0 Å². The maximum Gasteiger partial charge on any atom is 0.142 e. The van der Waals surface area contributed by atoms with Gasteiger partial charge in [-0.15, -0.1) is 11.3 Å². The average molecular weight is 337 g/mol. The van der Waals surface area contributed by atoms with Gasteiger partial charge in [-0.2, -0.15) is 0 Å². The van der Waals surface area contributed by atoms with E-state index in [1.165, 1.54) is 5.56 Å². The predicted molar refractivity (Wildman–Crippen MR) is 96.2 cm³/mol. The fourth-order valence-electron chi connectivity index (χ4n) is 2.86. The number of benzene rings is 1. The van der Waals surface area contributed by atoms with E-state index in [0.29, 0.717) is 12.6 Å². The lowest BCUT2D eigenvalue weighted by molar-refractivity contribution is 0.267. The largest absolute Gasteiger partial charge is 0.492 e. The van der Waals surface area contributed by atoms with Gasteiger partial charge in [0.15, 0.2) is 0 Å². The van der Waals surface area contributed by atoms with Crippen LogP contribution < -0.4 is 10.1 Å². The quantitative estimate of drug-likeness (QED) is 0.789. The highest BCUT2D eigenvalue weighted by Crippen LogP contribution is 2.24. The zero-order valence-corrected chi connectivity index (χ0v) is 14.1. The number of hydrogen-bond donors (Lipinski definition) is 1. The lowest BCUT2D eigenvalue weighted by Crippen LogP contribution is -2.33. The normalized spacial score (nSPS) is 16.9. The summed E-state index contributed by atoms with van der Waals surface area (Å²) in [6.45, 7) is 1.46. The Morgan fingerprint density at radius 1 is 1.17 bits per heavy atom. The molecule has 1 N–H and O–H groups in total. The summed E-state index contributed by atoms with van der Waals surface area (Å²) in [7, 11) is 0. The van der Waals surface area contributed by atoms with Crippen molar-refractivity contribution in [2.45, 2.75) is 25.4 Å². The molecule has 1 aliphatic rings. The maximum atomic E-state index is 5.93. The summed E-state index contributed by atoms with van der Waals surface area (Å²) in [5.74, 6) is 1.02. The van der Waals surface area contributed by atoms with E-state index in [2.05, 4.69) is 38.9 Å². The molecule has 4 rings (SSSR count). The Kier molecular flexibility index (Phi) is 4.53. The van der Waals surface area contributed by atoms with Gasteiger partial charge >= 0.3 is 0 Å². The molecule has 1 aliphatic heterocycles. The van der Waals surface area contributed by atoms with Gasteiger partial charge in [-0.3, -0.25) is 4.98 Å². The molecule has 0 radical (unpaired) electrons. The lowest BCUT2D eigenvalue weighted by Gasteiger charge is -2.15. The van der Waals surface area contributed by atoms with Crippen LogP contribution in [0.4, 0.5) is 0 Å². The van der Waals surface area contributed by atoms with Crippen molar-refractivity contribution >= 4 is 11.3 Å². The van der Waals surface area contributed by atoms with Crippen molar-refractivity contribution < 1.29 is 4.74 Å². The first-order valence-corrected chi connectivity index (χ1v) is 9.06. The van der Waals surface area contributed by atoms with Crippen molar-refractivity contribution in [3.8, 4) is 16.5 Å². The topological polar surface area (TPSA) is 47.0 Å². The monoisotopic (exact) mass is 337 g/mol. The van der Waals surface area contributed by atoms with E-state index < -0.39 is 0 Å². The molecule has 4 nitrogen and oxygen atoms in total. The number of pyridine rings is 1. The Morgan fingerprint density at radius 3 is 3.00 bits per heavy atom. The molecule has 0 fully saturated rings. The third-order valence-corrected chi connectivity index (χ3v) is 5.10. The first kappa shape index (κ1) is 15.3. The molecule has 3 heterocycles. The number of nitrogens with zero attached hydrogens (tertiary/aromatic N) is 2. The number of rotatable bonds is 4. The van der Waals surface area contributed by atoms with Gasteiger partial charge in [-0.25, -0.2) is 4.98 Å². The molecule has 122 valence electrons. The molecule has 0 saturated carbocycles. The number of hydrogen-bond acceptors (Lipinski definition) is 5. The number of thiazole rings is 1. The summed E-state index contributed by atoms with van der Waals surface area (Å²) in [5, 5.41) is 6.65. The lowest BCUT2D eigenvalue weighted by atomic mass is 10.1. The molecule has 0 aliphatic carbocycles. The van der Waals surface area contributed by atoms with Crippen LogP contribution >= 0.6 is 11.3 Å². The highest BCUT2D eigenvalue weighted by Gasteiger charge is 2.17. The third-order valence-electron chi connectivity index (χ3n) is 4.18. The van der Waals surface area contributed by atoms with E-state index in [1.807, 2.05) is 24.3 Å². The molecule has 24 heavy (non-hydrogen) atoms.